The molecule has 2 aromatic rings. The molecule has 1 fully saturated rings. The molecule has 2 amide bonds. The summed E-state index contributed by atoms with van der Waals surface area (Å²) < 4.78 is 5.49. The predicted octanol–water partition coefficient (Wildman–Crippen LogP) is 2.56. The summed E-state index contributed by atoms with van der Waals surface area (Å²) in [7, 11) is 1.77. The van der Waals surface area contributed by atoms with Crippen molar-refractivity contribution in [2.45, 2.75) is 64.6 Å². The van der Waals surface area contributed by atoms with Crippen LogP contribution in [0.3, 0.4) is 0 Å². The van der Waals surface area contributed by atoms with Gasteiger partial charge in [-0.15, -0.1) is 0 Å². The third kappa shape index (κ3) is 3.64. The second-order valence-electron chi connectivity index (χ2n) is 9.16. The van der Waals surface area contributed by atoms with Crippen LogP contribution < -0.4 is 0 Å². The molecule has 2 aromatic heterocycles. The maximum atomic E-state index is 13.4. The monoisotopic (exact) mass is 412 g/mol. The van der Waals surface area contributed by atoms with Gasteiger partial charge in [-0.25, -0.2) is 14.8 Å². The molecule has 0 radical (unpaired) electrons. The molecular weight excluding hydrogens is 384 g/mol. The molecule has 0 spiro atoms. The minimum Gasteiger partial charge on any atom is -0.444 e. The third-order valence-electron chi connectivity index (χ3n) is 5.66. The van der Waals surface area contributed by atoms with Gasteiger partial charge in [0, 0.05) is 43.7 Å². The van der Waals surface area contributed by atoms with Gasteiger partial charge >= 0.3 is 6.09 Å². The Balaban J connectivity index is 1.55. The van der Waals surface area contributed by atoms with Gasteiger partial charge in [0.05, 0.1) is 6.54 Å². The summed E-state index contributed by atoms with van der Waals surface area (Å²) in [4.78, 5) is 38.1. The zero-order valence-electron chi connectivity index (χ0n) is 18.2. The van der Waals surface area contributed by atoms with Crippen LogP contribution in [0.5, 0.6) is 0 Å². The lowest BCUT2D eigenvalue weighted by Crippen LogP contribution is -2.41. The quantitative estimate of drug-likeness (QED) is 0.831. The number of carbonyl (C=O) groups excluding carboxylic acids is 2. The van der Waals surface area contributed by atoms with Gasteiger partial charge in [0.1, 0.15) is 11.1 Å². The van der Waals surface area contributed by atoms with Crippen LogP contribution in [-0.4, -0.2) is 61.2 Å². The summed E-state index contributed by atoms with van der Waals surface area (Å²) in [5, 5.41) is 7.28. The normalized spacial score (nSPS) is 17.3. The smallest absolute Gasteiger partial charge is 0.410 e. The summed E-state index contributed by atoms with van der Waals surface area (Å²) in [5.41, 5.74) is 1.91. The van der Waals surface area contributed by atoms with E-state index in [1.54, 1.807) is 29.2 Å². The highest BCUT2D eigenvalue weighted by Gasteiger charge is 2.53. The lowest BCUT2D eigenvalue weighted by Gasteiger charge is -2.31. The second-order valence-corrected chi connectivity index (χ2v) is 9.16. The second kappa shape index (κ2) is 7.07. The zero-order valence-corrected chi connectivity index (χ0v) is 18.2. The fraction of sp³-hybridized carbons (Fsp3) is 0.571. The fourth-order valence-corrected chi connectivity index (χ4v) is 3.77. The van der Waals surface area contributed by atoms with Gasteiger partial charge in [-0.3, -0.25) is 9.89 Å². The van der Waals surface area contributed by atoms with Gasteiger partial charge in [-0.1, -0.05) is 0 Å². The summed E-state index contributed by atoms with van der Waals surface area (Å²) in [6.07, 6.45) is 5.40. The molecule has 0 bridgehead atoms. The average Bonchev–Trinajstić information content (AvgIpc) is 3.39. The lowest BCUT2D eigenvalue weighted by atomic mass is 10.0. The van der Waals surface area contributed by atoms with Crippen molar-refractivity contribution in [1.29, 1.82) is 0 Å². The van der Waals surface area contributed by atoms with Gasteiger partial charge in [-0.05, 0) is 46.1 Å². The number of H-pyrrole nitrogens is 1. The summed E-state index contributed by atoms with van der Waals surface area (Å²) in [6.45, 7) is 8.27. The van der Waals surface area contributed by atoms with Crippen molar-refractivity contribution in [3.63, 3.8) is 0 Å². The van der Waals surface area contributed by atoms with Crippen molar-refractivity contribution in [2.24, 2.45) is 0 Å². The van der Waals surface area contributed by atoms with E-state index in [1.807, 2.05) is 27.7 Å². The van der Waals surface area contributed by atoms with Gasteiger partial charge in [0.15, 0.2) is 11.5 Å². The maximum Gasteiger partial charge on any atom is 0.410 e. The highest BCUT2D eigenvalue weighted by Crippen LogP contribution is 2.49. The average molecular weight is 412 g/mol. The van der Waals surface area contributed by atoms with E-state index in [9.17, 15) is 9.59 Å². The van der Waals surface area contributed by atoms with E-state index in [1.165, 1.54) is 0 Å². The number of rotatable bonds is 3. The number of fused-ring (bicyclic) bond motifs is 1. The van der Waals surface area contributed by atoms with Crippen LogP contribution in [0.25, 0.3) is 0 Å². The number of nitrogens with zero attached hydrogens (tertiary/aromatic N) is 5. The van der Waals surface area contributed by atoms with E-state index >= 15 is 0 Å². The Kier molecular flexibility index (Phi) is 4.79. The highest BCUT2D eigenvalue weighted by molar-refractivity contribution is 5.94. The van der Waals surface area contributed by atoms with Crippen LogP contribution in [-0.2, 0) is 23.2 Å². The molecular formula is C21H28N6O3. The predicted molar refractivity (Wildman–Crippen MR) is 109 cm³/mol. The molecule has 4 rings (SSSR count). The first-order valence-electron chi connectivity index (χ1n) is 10.2. The largest absolute Gasteiger partial charge is 0.444 e. The van der Waals surface area contributed by atoms with Gasteiger partial charge in [0.25, 0.3) is 5.91 Å². The van der Waals surface area contributed by atoms with Crippen LogP contribution in [0.15, 0.2) is 12.4 Å². The van der Waals surface area contributed by atoms with Crippen LogP contribution in [0.2, 0.25) is 0 Å². The van der Waals surface area contributed by atoms with E-state index in [4.69, 9.17) is 4.74 Å². The first-order chi connectivity index (χ1) is 14.1. The number of ether oxygens (including phenoxy) is 1. The zero-order chi connectivity index (χ0) is 21.7. The first-order valence-corrected chi connectivity index (χ1v) is 10.2. The molecule has 1 N–H and O–H groups in total. The van der Waals surface area contributed by atoms with Gasteiger partial charge in [0.2, 0.25) is 0 Å². The Morgan fingerprint density at radius 3 is 2.50 bits per heavy atom. The number of nitrogens with one attached hydrogen (secondary N) is 1. The number of aryl methyl sites for hydroxylation is 1. The van der Waals surface area contributed by atoms with E-state index < -0.39 is 11.1 Å². The van der Waals surface area contributed by atoms with Crippen molar-refractivity contribution in [3.8, 4) is 0 Å². The Labute approximate surface area is 175 Å². The highest BCUT2D eigenvalue weighted by atomic mass is 16.6. The van der Waals surface area contributed by atoms with Crippen LogP contribution >= 0.6 is 0 Å². The SMILES string of the molecule is Cc1cnc(C2(N(C)C(=O)c3n[nH]c4c3CN(C(=O)OC(C)(C)C)CC4)CC2)nc1. The van der Waals surface area contributed by atoms with Crippen molar-refractivity contribution in [1.82, 2.24) is 30.0 Å². The maximum absolute atomic E-state index is 13.4. The molecule has 160 valence electrons. The molecule has 0 aromatic carbocycles. The minimum absolute atomic E-state index is 0.194. The number of amides is 2. The Bertz CT molecular complexity index is 972. The molecule has 30 heavy (non-hydrogen) atoms. The molecule has 1 saturated carbocycles. The van der Waals surface area contributed by atoms with Crippen molar-refractivity contribution in [3.05, 3.63) is 40.7 Å². The molecule has 3 heterocycles. The van der Waals surface area contributed by atoms with Crippen LogP contribution in [0, 0.1) is 6.92 Å². The van der Waals surface area contributed by atoms with E-state index in [0.29, 0.717) is 31.0 Å². The molecule has 1 aliphatic carbocycles. The number of hydrogen-bond acceptors (Lipinski definition) is 6. The van der Waals surface area contributed by atoms with Gasteiger partial charge < -0.3 is 14.5 Å². The number of aromatic nitrogens is 4. The van der Waals surface area contributed by atoms with E-state index in [-0.39, 0.29) is 12.0 Å². The van der Waals surface area contributed by atoms with E-state index in [0.717, 1.165) is 29.7 Å². The molecule has 0 atom stereocenters. The van der Waals surface area contributed by atoms with Crippen LogP contribution in [0.1, 0.15) is 66.7 Å². The van der Waals surface area contributed by atoms with Crippen molar-refractivity contribution < 1.29 is 14.3 Å². The topological polar surface area (TPSA) is 104 Å². The van der Waals surface area contributed by atoms with Gasteiger partial charge in [-0.2, -0.15) is 5.10 Å². The number of aromatic amines is 1. The van der Waals surface area contributed by atoms with Crippen LogP contribution in [0.4, 0.5) is 4.79 Å². The molecule has 0 unspecified atom stereocenters. The number of hydrogen-bond donors (Lipinski definition) is 1. The Morgan fingerprint density at radius 1 is 1.23 bits per heavy atom. The summed E-state index contributed by atoms with van der Waals surface area (Å²) in [5.74, 6) is 0.462. The lowest BCUT2D eigenvalue weighted by molar-refractivity contribution is 0.0221. The first kappa shape index (κ1) is 20.3. The van der Waals surface area contributed by atoms with E-state index in [2.05, 4.69) is 20.2 Å². The summed E-state index contributed by atoms with van der Waals surface area (Å²) >= 11 is 0. The standard InChI is InChI=1S/C21H28N6O3/c1-13-10-22-18(23-11-13)21(7-8-21)26(5)17(28)16-14-12-27(9-6-15(14)24-25-16)19(29)30-20(2,3)4/h10-11H,6-9,12H2,1-5H3,(H,24,25). The fourth-order valence-electron chi connectivity index (χ4n) is 3.77. The molecule has 9 heteroatoms. The van der Waals surface area contributed by atoms with Crippen molar-refractivity contribution in [2.75, 3.05) is 13.6 Å². The molecule has 0 saturated heterocycles. The minimum atomic E-state index is -0.570. The molecule has 2 aliphatic rings. The third-order valence-corrected chi connectivity index (χ3v) is 5.66. The number of carbonyl (C=O) groups is 2. The van der Waals surface area contributed by atoms with Crippen molar-refractivity contribution >= 4 is 12.0 Å². The Hall–Kier alpha value is -2.97. The molecule has 9 nitrogen and oxygen atoms in total. The summed E-state index contributed by atoms with van der Waals surface area (Å²) in [6, 6.07) is 0. The Morgan fingerprint density at radius 2 is 1.90 bits per heavy atom. The molecule has 1 aliphatic heterocycles.